The lowest BCUT2D eigenvalue weighted by Gasteiger charge is -2.50. The van der Waals surface area contributed by atoms with Crippen molar-refractivity contribution in [3.8, 4) is 0 Å². The summed E-state index contributed by atoms with van der Waals surface area (Å²) in [5, 5.41) is 102. The third kappa shape index (κ3) is 50.8. The second-order valence-corrected chi connectivity index (χ2v) is 35.3. The predicted octanol–water partition coefficient (Wildman–Crippen LogP) is 17.7. The quantitative estimate of drug-likeness (QED) is 0.00889. The number of carbonyl (C=O) groups is 4. The SMILES string of the molecule is CCCCCC/C=C\CCCCCCCCCC(=O)OC(COC(=O)CCCCCCCCCCCCCCCCC)COP(=O)(O)OC1C(OC2OC(CO)C(O)C(O)C2O)C(O)C(O)C(OC(=O)CCCCC/C=C\CCCCCCCC)C1OC1OC(COC(=O)CCCCCCCCCCCCCCCCCC)C(O)C(O)C1O. The van der Waals surface area contributed by atoms with Crippen LogP contribution in [0.1, 0.15) is 407 Å². The van der Waals surface area contributed by atoms with E-state index in [0.29, 0.717) is 38.5 Å². The van der Waals surface area contributed by atoms with Crippen LogP contribution in [0.4, 0.5) is 0 Å². The third-order valence-electron chi connectivity index (χ3n) is 23.2. The van der Waals surface area contributed by atoms with Gasteiger partial charge in [0.1, 0.15) is 92.6 Å². The molecule has 3 rings (SSSR count). The molecule has 0 spiro atoms. The Morgan fingerprint density at radius 1 is 0.331 bits per heavy atom. The number of phosphoric acid groups is 1. The predicted molar refractivity (Wildman–Crippen MR) is 458 cm³/mol. The molecule has 25 nitrogen and oxygen atoms in total. The summed E-state index contributed by atoms with van der Waals surface area (Å²) in [6.07, 6.45) is 31.7. The molecule has 3 aliphatic rings. The molecule has 18 unspecified atom stereocenters. The lowest BCUT2D eigenvalue weighted by Crippen LogP contribution is -2.70. The zero-order valence-electron chi connectivity index (χ0n) is 73.7. The van der Waals surface area contributed by atoms with Crippen molar-refractivity contribution in [1.29, 1.82) is 0 Å². The van der Waals surface area contributed by atoms with E-state index in [1.165, 1.54) is 173 Å². The normalized spacial score (nSPS) is 25.0. The number of aliphatic hydroxyl groups excluding tert-OH is 9. The number of unbranched alkanes of at least 4 members (excludes halogenated alkanes) is 49. The monoisotopic (exact) mass is 1710 g/mol. The highest BCUT2D eigenvalue weighted by molar-refractivity contribution is 7.47. The lowest BCUT2D eigenvalue weighted by molar-refractivity contribution is -0.360. The fourth-order valence-corrected chi connectivity index (χ4v) is 16.6. The second kappa shape index (κ2) is 71.1. The first-order chi connectivity index (χ1) is 57.2. The number of aliphatic hydroxyl groups is 9. The highest BCUT2D eigenvalue weighted by Gasteiger charge is 2.60. The van der Waals surface area contributed by atoms with Crippen molar-refractivity contribution in [3.05, 3.63) is 24.3 Å². The fraction of sp³-hybridized carbons (Fsp3) is 0.913. The van der Waals surface area contributed by atoms with E-state index in [-0.39, 0.29) is 32.1 Å². The van der Waals surface area contributed by atoms with Gasteiger partial charge in [-0.2, -0.15) is 0 Å². The number of esters is 4. The molecule has 0 radical (unpaired) electrons. The zero-order valence-corrected chi connectivity index (χ0v) is 74.6. The minimum Gasteiger partial charge on any atom is -0.463 e. The van der Waals surface area contributed by atoms with E-state index in [0.717, 1.165) is 135 Å². The van der Waals surface area contributed by atoms with Crippen molar-refractivity contribution in [1.82, 2.24) is 0 Å². The number of rotatable bonds is 77. The summed E-state index contributed by atoms with van der Waals surface area (Å²) in [7, 11) is -5.81. The van der Waals surface area contributed by atoms with Gasteiger partial charge in [-0.05, 0) is 77.0 Å². The third-order valence-corrected chi connectivity index (χ3v) is 24.2. The van der Waals surface area contributed by atoms with E-state index in [1.807, 2.05) is 0 Å². The van der Waals surface area contributed by atoms with Gasteiger partial charge in [-0.15, -0.1) is 0 Å². The summed E-state index contributed by atoms with van der Waals surface area (Å²) in [6.45, 7) is 5.58. The van der Waals surface area contributed by atoms with E-state index in [2.05, 4.69) is 52.0 Å². The minimum atomic E-state index is -5.81. The lowest BCUT2D eigenvalue weighted by atomic mass is 9.84. The van der Waals surface area contributed by atoms with Gasteiger partial charge in [0.25, 0.3) is 0 Å². The first-order valence-corrected chi connectivity index (χ1v) is 49.1. The van der Waals surface area contributed by atoms with Gasteiger partial charge in [-0.25, -0.2) is 4.57 Å². The molecule has 0 bridgehead atoms. The number of hydrogen-bond donors (Lipinski definition) is 10. The van der Waals surface area contributed by atoms with E-state index >= 15 is 0 Å². The maximum atomic E-state index is 14.9. The van der Waals surface area contributed by atoms with Crippen molar-refractivity contribution < 1.29 is 122 Å². The Hall–Kier alpha value is -3.05. The van der Waals surface area contributed by atoms with Crippen molar-refractivity contribution >= 4 is 31.7 Å². The van der Waals surface area contributed by atoms with Gasteiger partial charge >= 0.3 is 31.7 Å². The summed E-state index contributed by atoms with van der Waals surface area (Å²) < 4.78 is 73.4. The van der Waals surface area contributed by atoms with Crippen LogP contribution in [0.15, 0.2) is 24.3 Å². The van der Waals surface area contributed by atoms with Crippen LogP contribution < -0.4 is 0 Å². The van der Waals surface area contributed by atoms with E-state index in [9.17, 15) is 74.6 Å². The maximum Gasteiger partial charge on any atom is 0.472 e. The molecule has 0 aromatic carbocycles. The van der Waals surface area contributed by atoms with Gasteiger partial charge in [0.15, 0.2) is 24.8 Å². The average molecular weight is 1710 g/mol. The van der Waals surface area contributed by atoms with Gasteiger partial charge < -0.3 is 88.7 Å². The van der Waals surface area contributed by atoms with Crippen LogP contribution in [0.5, 0.6) is 0 Å². The van der Waals surface area contributed by atoms with Crippen LogP contribution in [0.2, 0.25) is 0 Å². The molecule has 18 atom stereocenters. The van der Waals surface area contributed by atoms with E-state index < -0.39 is 162 Å². The van der Waals surface area contributed by atoms with E-state index in [1.54, 1.807) is 0 Å². The Bertz CT molecular complexity index is 2550. The number of hydrogen-bond acceptors (Lipinski definition) is 24. The summed E-state index contributed by atoms with van der Waals surface area (Å²) in [6, 6.07) is 0. The molecule has 0 amide bonds. The molecule has 3 fully saturated rings. The molecular formula is C92H169O25P. The fourth-order valence-electron chi connectivity index (χ4n) is 15.6. The smallest absolute Gasteiger partial charge is 0.463 e. The van der Waals surface area contributed by atoms with Crippen LogP contribution >= 0.6 is 7.82 Å². The maximum absolute atomic E-state index is 14.9. The molecule has 2 heterocycles. The minimum absolute atomic E-state index is 0.0162. The number of ether oxygens (including phenoxy) is 8. The number of allylic oxidation sites excluding steroid dienone is 4. The largest absolute Gasteiger partial charge is 0.472 e. The molecule has 1 saturated carbocycles. The topological polar surface area (TPSA) is 380 Å². The molecule has 692 valence electrons. The molecule has 2 aliphatic heterocycles. The Kier molecular flexibility index (Phi) is 65.8. The van der Waals surface area contributed by atoms with Crippen LogP contribution in [0, 0.1) is 0 Å². The molecule has 10 N–H and O–H groups in total. The number of phosphoric ester groups is 1. The second-order valence-electron chi connectivity index (χ2n) is 33.9. The highest BCUT2D eigenvalue weighted by Crippen LogP contribution is 2.49. The molecule has 0 aromatic rings. The van der Waals surface area contributed by atoms with Gasteiger partial charge in [-0.3, -0.25) is 28.2 Å². The molecule has 1 aliphatic carbocycles. The molecule has 26 heteroatoms. The number of carbonyl (C=O) groups excluding carboxylic acids is 4. The van der Waals surface area contributed by atoms with Crippen LogP contribution in [0.25, 0.3) is 0 Å². The average Bonchev–Trinajstić information content (AvgIpc) is 0.755. The molecule has 2 saturated heterocycles. The molecule has 118 heavy (non-hydrogen) atoms. The Morgan fingerprint density at radius 3 is 1.03 bits per heavy atom. The summed E-state index contributed by atoms with van der Waals surface area (Å²) in [5.41, 5.74) is 0. The Morgan fingerprint density at radius 2 is 0.636 bits per heavy atom. The summed E-state index contributed by atoms with van der Waals surface area (Å²) in [5.74, 6) is -2.98. The van der Waals surface area contributed by atoms with Crippen LogP contribution in [-0.2, 0) is 70.7 Å². The standard InChI is InChI=1S/C92H169O25P/c1-5-9-13-17-21-25-29-33-36-39-42-45-49-53-57-61-65-76(95)109-71-74-80(99)82(101)86(105)92(113-74)116-89-87(114-78(97)67-63-59-55-51-46-40-32-28-24-20-16-12-8-4)83(102)84(103)88(115-91-85(104)81(100)79(98)73(68-93)112-91)90(89)117-118(106,107)110-70-72(111-77(96)66-62-58-54-50-47-43-38-35-31-27-23-19-15-11-7-3)69-108-75(94)64-60-56-52-48-44-41-37-34-30-26-22-18-14-10-6-2/h27,31,40,46,72-74,79-93,98-105H,5-26,28-30,32-39,41-45,47-71H2,1-4H3,(H,106,107)/b31-27-,46-40-. The van der Waals surface area contributed by atoms with Crippen molar-refractivity contribution in [2.75, 3.05) is 26.4 Å². The summed E-state index contributed by atoms with van der Waals surface area (Å²) >= 11 is 0. The van der Waals surface area contributed by atoms with Gasteiger partial charge in [0, 0.05) is 25.7 Å². The summed E-state index contributed by atoms with van der Waals surface area (Å²) in [4.78, 5) is 66.5. The van der Waals surface area contributed by atoms with Gasteiger partial charge in [0.05, 0.1) is 13.2 Å². The van der Waals surface area contributed by atoms with Crippen LogP contribution in [-0.4, -0.2) is 205 Å². The first-order valence-electron chi connectivity index (χ1n) is 47.6. The van der Waals surface area contributed by atoms with Crippen LogP contribution in [0.3, 0.4) is 0 Å². The Balaban J connectivity index is 1.91. The van der Waals surface area contributed by atoms with Crippen molar-refractivity contribution in [2.24, 2.45) is 0 Å². The highest BCUT2D eigenvalue weighted by atomic mass is 31.2. The van der Waals surface area contributed by atoms with E-state index in [4.69, 9.17) is 46.9 Å². The van der Waals surface area contributed by atoms with Crippen molar-refractivity contribution in [3.63, 3.8) is 0 Å². The van der Waals surface area contributed by atoms with Gasteiger partial charge in [0.2, 0.25) is 0 Å². The van der Waals surface area contributed by atoms with Gasteiger partial charge in [-0.1, -0.05) is 328 Å². The molecule has 0 aromatic heterocycles. The first kappa shape index (κ1) is 109. The molecular weight excluding hydrogens is 1540 g/mol. The Labute approximate surface area is 711 Å². The van der Waals surface area contributed by atoms with Crippen molar-refractivity contribution in [2.45, 2.75) is 511 Å². The zero-order chi connectivity index (χ0) is 86.1.